The molecule has 5 nitrogen and oxygen atoms in total. The van der Waals surface area contributed by atoms with E-state index in [2.05, 4.69) is 29.8 Å². The maximum atomic E-state index is 11.3. The van der Waals surface area contributed by atoms with Gasteiger partial charge < -0.3 is 16.4 Å². The molecule has 1 saturated carbocycles. The predicted octanol–water partition coefficient (Wildman–Crippen LogP) is -0.697. The molecule has 84 valence electrons. The summed E-state index contributed by atoms with van der Waals surface area (Å²) in [5.74, 6) is -0.652. The first-order chi connectivity index (χ1) is 6.99. The Labute approximate surface area is 93.8 Å². The summed E-state index contributed by atoms with van der Waals surface area (Å²) in [6.07, 6.45) is 1.88. The van der Waals surface area contributed by atoms with Crippen molar-refractivity contribution in [2.75, 3.05) is 6.54 Å². The van der Waals surface area contributed by atoms with E-state index in [4.69, 9.17) is 5.73 Å². The van der Waals surface area contributed by atoms with Crippen LogP contribution in [0.1, 0.15) is 19.8 Å². The number of nitrogens with two attached hydrogens (primary N) is 1. The zero-order chi connectivity index (χ0) is 11.4. The van der Waals surface area contributed by atoms with Crippen molar-refractivity contribution in [3.8, 4) is 0 Å². The number of rotatable bonds is 3. The van der Waals surface area contributed by atoms with Crippen molar-refractivity contribution < 1.29 is 9.59 Å². The fourth-order valence-corrected chi connectivity index (χ4v) is 1.59. The molecular weight excluding hydrogens is 214 g/mol. The minimum Gasteiger partial charge on any atom is -0.392 e. The van der Waals surface area contributed by atoms with Crippen LogP contribution < -0.4 is 16.4 Å². The Balaban J connectivity index is 2.21. The summed E-state index contributed by atoms with van der Waals surface area (Å²) in [5.41, 5.74) is 5.18. The molecule has 0 heterocycles. The molecule has 1 aliphatic rings. The van der Waals surface area contributed by atoms with Gasteiger partial charge in [0.2, 0.25) is 0 Å². The van der Waals surface area contributed by atoms with Crippen LogP contribution in [0.4, 0.5) is 0 Å². The van der Waals surface area contributed by atoms with Crippen molar-refractivity contribution in [2.45, 2.75) is 25.8 Å². The van der Waals surface area contributed by atoms with Gasteiger partial charge in [-0.3, -0.25) is 9.59 Å². The Morgan fingerprint density at radius 3 is 2.47 bits per heavy atom. The molecule has 0 bridgehead atoms. The summed E-state index contributed by atoms with van der Waals surface area (Å²) >= 11 is 4.57. The largest absolute Gasteiger partial charge is 0.392 e. The molecule has 0 saturated heterocycles. The van der Waals surface area contributed by atoms with E-state index < -0.39 is 11.8 Å². The number of thiocarbonyl (C=S) groups is 1. The molecule has 1 aliphatic carbocycles. The lowest BCUT2D eigenvalue weighted by Gasteiger charge is -2.32. The lowest BCUT2D eigenvalue weighted by molar-refractivity contribution is -0.139. The van der Waals surface area contributed by atoms with E-state index in [1.165, 1.54) is 0 Å². The molecule has 6 heteroatoms. The number of amides is 2. The number of hydrogen-bond donors (Lipinski definition) is 3. The smallest absolute Gasteiger partial charge is 0.309 e. The van der Waals surface area contributed by atoms with Gasteiger partial charge in [-0.2, -0.15) is 0 Å². The van der Waals surface area contributed by atoms with Crippen LogP contribution in [0.2, 0.25) is 0 Å². The van der Waals surface area contributed by atoms with E-state index in [0.717, 1.165) is 12.8 Å². The van der Waals surface area contributed by atoms with Gasteiger partial charge in [0.05, 0.1) is 11.5 Å². The molecule has 0 radical (unpaired) electrons. The van der Waals surface area contributed by atoms with E-state index in [-0.39, 0.29) is 17.6 Å². The molecular formula is C9H15N3O2S. The first-order valence-corrected chi connectivity index (χ1v) is 5.27. The summed E-state index contributed by atoms with van der Waals surface area (Å²) in [5, 5.41) is 4.96. The molecule has 2 amide bonds. The van der Waals surface area contributed by atoms with Crippen molar-refractivity contribution in [3.05, 3.63) is 0 Å². The van der Waals surface area contributed by atoms with Gasteiger partial charge in [0, 0.05) is 6.04 Å². The van der Waals surface area contributed by atoms with Gasteiger partial charge in [-0.1, -0.05) is 19.1 Å². The third kappa shape index (κ3) is 3.83. The number of nitrogens with one attached hydrogen (secondary N) is 2. The van der Waals surface area contributed by atoms with Gasteiger partial charge in [0.15, 0.2) is 0 Å². The second kappa shape index (κ2) is 5.06. The molecule has 0 aromatic carbocycles. The second-order valence-corrected chi connectivity index (χ2v) is 4.42. The van der Waals surface area contributed by atoms with Gasteiger partial charge in [-0.05, 0) is 18.8 Å². The Morgan fingerprint density at radius 2 is 2.00 bits per heavy atom. The van der Waals surface area contributed by atoms with Crippen molar-refractivity contribution in [2.24, 2.45) is 11.7 Å². The van der Waals surface area contributed by atoms with E-state index in [0.29, 0.717) is 5.92 Å². The molecule has 1 fully saturated rings. The van der Waals surface area contributed by atoms with Gasteiger partial charge >= 0.3 is 11.8 Å². The average molecular weight is 229 g/mol. The molecule has 0 spiro atoms. The zero-order valence-electron chi connectivity index (χ0n) is 8.58. The standard InChI is InChI=1S/C9H15N3O2S/c1-5-2-6(3-5)12-9(14)8(13)11-4-7(10)15/h5-6H,2-4H2,1H3,(H2,10,15)(H,11,13)(H,12,14). The Kier molecular flexibility index (Phi) is 4.02. The highest BCUT2D eigenvalue weighted by atomic mass is 32.1. The van der Waals surface area contributed by atoms with Gasteiger partial charge in [0.25, 0.3) is 0 Å². The third-order valence-corrected chi connectivity index (χ3v) is 2.48. The SMILES string of the molecule is CC1CC(NC(=O)C(=O)NCC(N)=S)C1. The molecule has 1 rings (SSSR count). The molecule has 15 heavy (non-hydrogen) atoms. The van der Waals surface area contributed by atoms with Crippen LogP contribution in [0, 0.1) is 5.92 Å². The maximum absolute atomic E-state index is 11.3. The van der Waals surface area contributed by atoms with Crippen molar-refractivity contribution in [1.29, 1.82) is 0 Å². The summed E-state index contributed by atoms with van der Waals surface area (Å²) in [4.78, 5) is 22.6. The van der Waals surface area contributed by atoms with E-state index >= 15 is 0 Å². The van der Waals surface area contributed by atoms with E-state index in [1.54, 1.807) is 0 Å². The molecule has 0 atom stereocenters. The van der Waals surface area contributed by atoms with Crippen LogP contribution in [-0.4, -0.2) is 29.4 Å². The molecule has 0 aliphatic heterocycles. The quantitative estimate of drug-likeness (QED) is 0.441. The molecule has 0 aromatic heterocycles. The Hall–Kier alpha value is -1.17. The first kappa shape index (κ1) is 11.9. The zero-order valence-corrected chi connectivity index (χ0v) is 9.39. The fraction of sp³-hybridized carbons (Fsp3) is 0.667. The topological polar surface area (TPSA) is 84.2 Å². The first-order valence-electron chi connectivity index (χ1n) is 4.86. The minimum absolute atomic E-state index is 0.0582. The maximum Gasteiger partial charge on any atom is 0.309 e. The monoisotopic (exact) mass is 229 g/mol. The summed E-state index contributed by atoms with van der Waals surface area (Å²) in [7, 11) is 0. The number of carbonyl (C=O) groups excluding carboxylic acids is 2. The van der Waals surface area contributed by atoms with Crippen molar-refractivity contribution in [1.82, 2.24) is 10.6 Å². The van der Waals surface area contributed by atoms with Gasteiger partial charge in [0.1, 0.15) is 0 Å². The normalized spacial score (nSPS) is 23.8. The van der Waals surface area contributed by atoms with Crippen LogP contribution >= 0.6 is 12.2 Å². The lowest BCUT2D eigenvalue weighted by Crippen LogP contribution is -2.50. The molecule has 4 N–H and O–H groups in total. The summed E-state index contributed by atoms with van der Waals surface area (Å²) in [6, 6.07) is 0.142. The number of hydrogen-bond acceptors (Lipinski definition) is 3. The highest BCUT2D eigenvalue weighted by molar-refractivity contribution is 7.80. The van der Waals surface area contributed by atoms with Crippen LogP contribution in [0.3, 0.4) is 0 Å². The summed E-state index contributed by atoms with van der Waals surface area (Å²) < 4.78 is 0. The highest BCUT2D eigenvalue weighted by Gasteiger charge is 2.28. The third-order valence-electron chi connectivity index (χ3n) is 2.34. The van der Waals surface area contributed by atoms with Crippen LogP contribution in [0.5, 0.6) is 0 Å². The Bertz CT molecular complexity index is 287. The molecule has 0 aromatic rings. The van der Waals surface area contributed by atoms with Crippen molar-refractivity contribution >= 4 is 29.0 Å². The fourth-order valence-electron chi connectivity index (χ4n) is 1.52. The van der Waals surface area contributed by atoms with Gasteiger partial charge in [-0.15, -0.1) is 0 Å². The minimum atomic E-state index is -0.678. The second-order valence-electron chi connectivity index (χ2n) is 3.90. The van der Waals surface area contributed by atoms with Crippen molar-refractivity contribution in [3.63, 3.8) is 0 Å². The van der Waals surface area contributed by atoms with Crippen LogP contribution in [0.15, 0.2) is 0 Å². The summed E-state index contributed by atoms with van der Waals surface area (Å²) in [6.45, 7) is 2.16. The number of carbonyl (C=O) groups is 2. The van der Waals surface area contributed by atoms with E-state index in [9.17, 15) is 9.59 Å². The van der Waals surface area contributed by atoms with Crippen LogP contribution in [0.25, 0.3) is 0 Å². The van der Waals surface area contributed by atoms with E-state index in [1.807, 2.05) is 0 Å². The lowest BCUT2D eigenvalue weighted by atomic mass is 9.82. The van der Waals surface area contributed by atoms with Gasteiger partial charge in [-0.25, -0.2) is 0 Å². The predicted molar refractivity (Wildman–Crippen MR) is 60.1 cm³/mol. The van der Waals surface area contributed by atoms with Crippen LogP contribution in [-0.2, 0) is 9.59 Å². The Morgan fingerprint density at radius 1 is 1.40 bits per heavy atom. The molecule has 0 unspecified atom stereocenters. The average Bonchev–Trinajstić information content (AvgIpc) is 2.11. The highest BCUT2D eigenvalue weighted by Crippen LogP contribution is 2.25.